The normalized spacial score (nSPS) is 11.2. The molecule has 0 radical (unpaired) electrons. The van der Waals surface area contributed by atoms with Gasteiger partial charge in [0.2, 0.25) is 0 Å². The van der Waals surface area contributed by atoms with Gasteiger partial charge >= 0.3 is 0 Å². The summed E-state index contributed by atoms with van der Waals surface area (Å²) in [7, 11) is 0. The molecule has 0 aliphatic carbocycles. The first-order valence-corrected chi connectivity index (χ1v) is 7.25. The predicted molar refractivity (Wildman–Crippen MR) is 77.0 cm³/mol. The van der Waals surface area contributed by atoms with Gasteiger partial charge in [0, 0.05) is 30.6 Å². The van der Waals surface area contributed by atoms with Gasteiger partial charge in [-0.25, -0.2) is 9.37 Å². The summed E-state index contributed by atoms with van der Waals surface area (Å²) in [4.78, 5) is 6.44. The van der Waals surface area contributed by atoms with Crippen LogP contribution in [-0.4, -0.2) is 46.4 Å². The molecular formula is C14H17FN2O2S. The van der Waals surface area contributed by atoms with E-state index in [1.54, 1.807) is 12.1 Å². The van der Waals surface area contributed by atoms with E-state index >= 15 is 0 Å². The fraction of sp³-hybridized carbons (Fsp3) is 0.357. The lowest BCUT2D eigenvalue weighted by Crippen LogP contribution is -2.29. The number of hydrogen-bond donors (Lipinski definition) is 2. The third kappa shape index (κ3) is 4.08. The van der Waals surface area contributed by atoms with E-state index in [0.29, 0.717) is 19.6 Å². The quantitative estimate of drug-likeness (QED) is 0.817. The summed E-state index contributed by atoms with van der Waals surface area (Å²) < 4.78 is 12.9. The number of aliphatic hydroxyl groups excluding tert-OH is 2. The van der Waals surface area contributed by atoms with Crippen LogP contribution in [0.1, 0.15) is 5.69 Å². The van der Waals surface area contributed by atoms with Crippen molar-refractivity contribution in [3.63, 3.8) is 0 Å². The van der Waals surface area contributed by atoms with Crippen LogP contribution in [0.5, 0.6) is 0 Å². The molecule has 6 heteroatoms. The molecule has 0 spiro atoms. The first-order valence-electron chi connectivity index (χ1n) is 6.37. The average molecular weight is 296 g/mol. The van der Waals surface area contributed by atoms with Gasteiger partial charge in [-0.05, 0) is 24.3 Å². The van der Waals surface area contributed by atoms with Crippen molar-refractivity contribution in [3.8, 4) is 10.6 Å². The van der Waals surface area contributed by atoms with E-state index in [1.807, 2.05) is 10.3 Å². The number of hydrogen-bond acceptors (Lipinski definition) is 5. The lowest BCUT2D eigenvalue weighted by molar-refractivity contribution is 0.155. The Bertz CT molecular complexity index is 524. The molecule has 4 nitrogen and oxygen atoms in total. The average Bonchev–Trinajstić information content (AvgIpc) is 2.89. The van der Waals surface area contributed by atoms with E-state index in [2.05, 4.69) is 4.98 Å². The van der Waals surface area contributed by atoms with Crippen LogP contribution in [0.3, 0.4) is 0 Å². The predicted octanol–water partition coefficient (Wildman–Crippen LogP) is 1.74. The Hall–Kier alpha value is -1.34. The number of rotatable bonds is 7. The molecule has 0 atom stereocenters. The third-order valence-electron chi connectivity index (χ3n) is 2.86. The second kappa shape index (κ2) is 7.44. The summed E-state index contributed by atoms with van der Waals surface area (Å²) >= 11 is 1.50. The molecule has 0 amide bonds. The minimum absolute atomic E-state index is 0.0506. The summed E-state index contributed by atoms with van der Waals surface area (Å²) in [6.45, 7) is 1.69. The van der Waals surface area contributed by atoms with E-state index in [9.17, 15) is 4.39 Å². The molecule has 1 aromatic carbocycles. The molecule has 0 aliphatic heterocycles. The van der Waals surface area contributed by atoms with Crippen molar-refractivity contribution in [3.05, 3.63) is 41.2 Å². The van der Waals surface area contributed by atoms with Crippen molar-refractivity contribution in [2.45, 2.75) is 6.54 Å². The van der Waals surface area contributed by atoms with Gasteiger partial charge in [-0.2, -0.15) is 0 Å². The van der Waals surface area contributed by atoms with Crippen LogP contribution >= 0.6 is 11.3 Å². The molecule has 2 rings (SSSR count). The van der Waals surface area contributed by atoms with Gasteiger partial charge in [0.15, 0.2) is 0 Å². The Balaban J connectivity index is 2.06. The number of thiazole rings is 1. The molecule has 0 unspecified atom stereocenters. The van der Waals surface area contributed by atoms with Gasteiger partial charge in [-0.1, -0.05) is 0 Å². The van der Waals surface area contributed by atoms with Crippen LogP contribution in [-0.2, 0) is 6.54 Å². The van der Waals surface area contributed by atoms with Gasteiger partial charge in [0.05, 0.1) is 18.9 Å². The molecule has 0 saturated carbocycles. The van der Waals surface area contributed by atoms with Gasteiger partial charge in [-0.15, -0.1) is 11.3 Å². The smallest absolute Gasteiger partial charge is 0.123 e. The minimum Gasteiger partial charge on any atom is -0.395 e. The molecule has 108 valence electrons. The van der Waals surface area contributed by atoms with Crippen molar-refractivity contribution >= 4 is 11.3 Å². The van der Waals surface area contributed by atoms with Crippen molar-refractivity contribution in [2.75, 3.05) is 26.3 Å². The second-order valence-corrected chi connectivity index (χ2v) is 5.23. The fourth-order valence-corrected chi connectivity index (χ4v) is 2.70. The highest BCUT2D eigenvalue weighted by Crippen LogP contribution is 2.24. The maximum absolute atomic E-state index is 12.9. The van der Waals surface area contributed by atoms with Crippen LogP contribution < -0.4 is 0 Å². The third-order valence-corrected chi connectivity index (χ3v) is 3.80. The standard InChI is InChI=1S/C14H17FN2O2S/c15-12-3-1-11(2-4-12)14-16-13(10-20-14)9-17(5-7-18)6-8-19/h1-4,10,18-19H,5-9H2. The van der Waals surface area contributed by atoms with Gasteiger partial charge in [-0.3, -0.25) is 4.90 Å². The van der Waals surface area contributed by atoms with Gasteiger partial charge in [0.1, 0.15) is 10.8 Å². The number of aliphatic hydroxyl groups is 2. The molecule has 0 saturated heterocycles. The molecule has 2 aromatic rings. The van der Waals surface area contributed by atoms with Crippen molar-refractivity contribution < 1.29 is 14.6 Å². The number of benzene rings is 1. The molecule has 2 N–H and O–H groups in total. The second-order valence-electron chi connectivity index (χ2n) is 4.37. The maximum atomic E-state index is 12.9. The first kappa shape index (κ1) is 15.1. The molecule has 1 aromatic heterocycles. The van der Waals surface area contributed by atoms with E-state index in [-0.39, 0.29) is 19.0 Å². The molecule has 20 heavy (non-hydrogen) atoms. The van der Waals surface area contributed by atoms with Crippen LogP contribution in [0.15, 0.2) is 29.6 Å². The Morgan fingerprint density at radius 3 is 2.35 bits per heavy atom. The van der Waals surface area contributed by atoms with E-state index in [4.69, 9.17) is 10.2 Å². The molecule has 0 fully saturated rings. The highest BCUT2D eigenvalue weighted by Gasteiger charge is 2.09. The van der Waals surface area contributed by atoms with Crippen molar-refractivity contribution in [1.29, 1.82) is 0 Å². The van der Waals surface area contributed by atoms with Crippen LogP contribution in [0.2, 0.25) is 0 Å². The maximum Gasteiger partial charge on any atom is 0.123 e. The first-order chi connectivity index (χ1) is 9.72. The summed E-state index contributed by atoms with van der Waals surface area (Å²) in [6, 6.07) is 6.24. The number of halogens is 1. The monoisotopic (exact) mass is 296 g/mol. The molecule has 0 bridgehead atoms. The van der Waals surface area contributed by atoms with Crippen LogP contribution in [0.25, 0.3) is 10.6 Å². The van der Waals surface area contributed by atoms with Crippen molar-refractivity contribution in [2.24, 2.45) is 0 Å². The topological polar surface area (TPSA) is 56.6 Å². The highest BCUT2D eigenvalue weighted by atomic mass is 32.1. The van der Waals surface area contributed by atoms with Crippen LogP contribution in [0, 0.1) is 5.82 Å². The zero-order chi connectivity index (χ0) is 14.4. The highest BCUT2D eigenvalue weighted by molar-refractivity contribution is 7.13. The van der Waals surface area contributed by atoms with Gasteiger partial charge < -0.3 is 10.2 Å². The summed E-state index contributed by atoms with van der Waals surface area (Å²) in [5.74, 6) is -0.261. The van der Waals surface area contributed by atoms with E-state index in [1.165, 1.54) is 23.5 Å². The molecule has 1 heterocycles. The molecular weight excluding hydrogens is 279 g/mol. The Morgan fingerprint density at radius 2 is 1.75 bits per heavy atom. The number of nitrogens with zero attached hydrogens (tertiary/aromatic N) is 2. The Kier molecular flexibility index (Phi) is 5.60. The lowest BCUT2D eigenvalue weighted by atomic mass is 10.2. The van der Waals surface area contributed by atoms with Crippen molar-refractivity contribution in [1.82, 2.24) is 9.88 Å². The largest absolute Gasteiger partial charge is 0.395 e. The summed E-state index contributed by atoms with van der Waals surface area (Å²) in [6.07, 6.45) is 0. The Morgan fingerprint density at radius 1 is 1.10 bits per heavy atom. The Labute approximate surface area is 121 Å². The summed E-state index contributed by atoms with van der Waals surface area (Å²) in [5.41, 5.74) is 1.77. The SMILES string of the molecule is OCCN(CCO)Cc1csc(-c2ccc(F)cc2)n1. The zero-order valence-electron chi connectivity index (χ0n) is 11.0. The number of aromatic nitrogens is 1. The zero-order valence-corrected chi connectivity index (χ0v) is 11.8. The van der Waals surface area contributed by atoms with Gasteiger partial charge in [0.25, 0.3) is 0 Å². The van der Waals surface area contributed by atoms with Crippen LogP contribution in [0.4, 0.5) is 4.39 Å². The van der Waals surface area contributed by atoms with E-state index < -0.39 is 0 Å². The van der Waals surface area contributed by atoms with E-state index in [0.717, 1.165) is 16.3 Å². The minimum atomic E-state index is -0.261. The summed E-state index contributed by atoms with van der Waals surface area (Å²) in [5, 5.41) is 20.7. The lowest BCUT2D eigenvalue weighted by Gasteiger charge is -2.18. The molecule has 0 aliphatic rings. The fourth-order valence-electron chi connectivity index (χ4n) is 1.89.